The van der Waals surface area contributed by atoms with Gasteiger partial charge in [-0.3, -0.25) is 15.0 Å². The zero-order chi connectivity index (χ0) is 14.3. The smallest absolute Gasteiger partial charge is 0.141 e. The quantitative estimate of drug-likeness (QED) is 0.551. The molecule has 0 unspecified atom stereocenters. The summed E-state index contributed by atoms with van der Waals surface area (Å²) in [5, 5.41) is 7.36. The topological polar surface area (TPSA) is 80.6 Å². The van der Waals surface area contributed by atoms with Crippen LogP contribution in [0.5, 0.6) is 0 Å². The summed E-state index contributed by atoms with van der Waals surface area (Å²) in [5.41, 5.74) is 11.3. The predicted molar refractivity (Wildman–Crippen MR) is 79.4 cm³/mol. The minimum absolute atomic E-state index is 0.0292. The van der Waals surface area contributed by atoms with Crippen molar-refractivity contribution in [3.05, 3.63) is 53.6 Å². The van der Waals surface area contributed by atoms with Gasteiger partial charge < -0.3 is 5.73 Å². The van der Waals surface area contributed by atoms with Gasteiger partial charge in [-0.15, -0.1) is 0 Å². The number of nitrogens with one attached hydrogen (secondary N) is 1. The van der Waals surface area contributed by atoms with Crippen LogP contribution in [0.15, 0.2) is 36.8 Å². The molecule has 0 radical (unpaired) electrons. The number of fused-ring (bicyclic) bond motifs is 1. The number of amidine groups is 1. The van der Waals surface area contributed by atoms with Gasteiger partial charge in [0.25, 0.3) is 0 Å². The van der Waals surface area contributed by atoms with E-state index in [4.69, 9.17) is 11.1 Å². The molecule has 5 heteroatoms. The number of aryl methyl sites for hydroxylation is 2. The minimum Gasteiger partial charge on any atom is -0.382 e. The third-order valence-electron chi connectivity index (χ3n) is 3.46. The highest BCUT2D eigenvalue weighted by Crippen LogP contribution is 2.21. The number of pyridine rings is 1. The predicted octanol–water partition coefficient (Wildman–Crippen LogP) is 2.32. The van der Waals surface area contributed by atoms with Crippen molar-refractivity contribution in [3.63, 3.8) is 0 Å². The summed E-state index contributed by atoms with van der Waals surface area (Å²) < 4.78 is 1.98. The minimum atomic E-state index is -0.0292. The van der Waals surface area contributed by atoms with Crippen molar-refractivity contribution >= 4 is 16.9 Å². The van der Waals surface area contributed by atoms with Gasteiger partial charge in [0.1, 0.15) is 17.9 Å². The van der Waals surface area contributed by atoms with E-state index in [0.29, 0.717) is 5.69 Å². The summed E-state index contributed by atoms with van der Waals surface area (Å²) in [6.45, 7) is 4.17. The van der Waals surface area contributed by atoms with E-state index in [1.54, 1.807) is 18.6 Å². The van der Waals surface area contributed by atoms with Crippen LogP contribution in [0.1, 0.15) is 16.8 Å². The number of imidazole rings is 1. The molecule has 0 aliphatic heterocycles. The van der Waals surface area contributed by atoms with Crippen LogP contribution in [0.2, 0.25) is 0 Å². The fourth-order valence-corrected chi connectivity index (χ4v) is 2.16. The third kappa shape index (κ3) is 1.93. The van der Waals surface area contributed by atoms with Gasteiger partial charge in [-0.05, 0) is 49.2 Å². The largest absolute Gasteiger partial charge is 0.382 e. The highest BCUT2D eigenvalue weighted by molar-refractivity contribution is 5.93. The second kappa shape index (κ2) is 4.45. The fraction of sp³-hybridized carbons (Fsp3) is 0.133. The van der Waals surface area contributed by atoms with Crippen LogP contribution in [-0.2, 0) is 0 Å². The molecule has 20 heavy (non-hydrogen) atoms. The molecule has 2 aromatic heterocycles. The van der Waals surface area contributed by atoms with Gasteiger partial charge in [-0.1, -0.05) is 0 Å². The summed E-state index contributed by atoms with van der Waals surface area (Å²) in [7, 11) is 0. The molecule has 3 rings (SSSR count). The SMILES string of the molecule is Cc1cc2ncn(-c3ccc(C(=N)N)nc3)c2cc1C. The summed E-state index contributed by atoms with van der Waals surface area (Å²) in [4.78, 5) is 8.61. The van der Waals surface area contributed by atoms with Crippen LogP contribution in [-0.4, -0.2) is 20.4 Å². The molecule has 1 aromatic carbocycles. The Balaban J connectivity index is 2.14. The Kier molecular flexibility index (Phi) is 2.75. The van der Waals surface area contributed by atoms with E-state index in [-0.39, 0.29) is 5.84 Å². The van der Waals surface area contributed by atoms with E-state index in [0.717, 1.165) is 16.7 Å². The van der Waals surface area contributed by atoms with Gasteiger partial charge in [0, 0.05) is 0 Å². The Hall–Kier alpha value is -2.69. The van der Waals surface area contributed by atoms with Crippen molar-refractivity contribution in [2.75, 3.05) is 0 Å². The van der Waals surface area contributed by atoms with Gasteiger partial charge in [0.05, 0.1) is 22.9 Å². The van der Waals surface area contributed by atoms with Gasteiger partial charge in [-0.2, -0.15) is 0 Å². The van der Waals surface area contributed by atoms with E-state index in [2.05, 4.69) is 35.9 Å². The molecule has 0 bridgehead atoms. The Bertz CT molecular complexity index is 799. The Morgan fingerprint density at radius 3 is 2.55 bits per heavy atom. The molecular weight excluding hydrogens is 250 g/mol. The van der Waals surface area contributed by atoms with E-state index < -0.39 is 0 Å². The van der Waals surface area contributed by atoms with Crippen molar-refractivity contribution in [2.24, 2.45) is 5.73 Å². The molecule has 0 amide bonds. The standard InChI is InChI=1S/C15H15N5/c1-9-5-13-14(6-10(9)2)20(8-19-13)11-3-4-12(15(16)17)18-7-11/h3-8H,1-2H3,(H3,16,17). The lowest BCUT2D eigenvalue weighted by atomic mass is 10.1. The van der Waals surface area contributed by atoms with Crippen LogP contribution in [0.3, 0.4) is 0 Å². The first-order valence-electron chi connectivity index (χ1n) is 6.31. The average molecular weight is 265 g/mol. The summed E-state index contributed by atoms with van der Waals surface area (Å²) in [6.07, 6.45) is 3.49. The highest BCUT2D eigenvalue weighted by atomic mass is 15.1. The Labute approximate surface area is 116 Å². The molecule has 0 aliphatic rings. The second-order valence-electron chi connectivity index (χ2n) is 4.86. The number of aromatic nitrogens is 3. The molecule has 3 N–H and O–H groups in total. The first-order valence-corrected chi connectivity index (χ1v) is 6.31. The van der Waals surface area contributed by atoms with Crippen LogP contribution < -0.4 is 5.73 Å². The van der Waals surface area contributed by atoms with Crippen molar-refractivity contribution in [1.29, 1.82) is 5.41 Å². The summed E-state index contributed by atoms with van der Waals surface area (Å²) in [6, 6.07) is 7.83. The number of rotatable bonds is 2. The average Bonchev–Trinajstić information content (AvgIpc) is 2.82. The molecular formula is C15H15N5. The molecule has 0 fully saturated rings. The molecule has 0 saturated heterocycles. The molecule has 100 valence electrons. The number of hydrogen-bond acceptors (Lipinski definition) is 3. The summed E-state index contributed by atoms with van der Waals surface area (Å²) in [5.74, 6) is -0.0292. The molecule has 3 aromatic rings. The third-order valence-corrected chi connectivity index (χ3v) is 3.46. The van der Waals surface area contributed by atoms with E-state index in [1.165, 1.54) is 11.1 Å². The van der Waals surface area contributed by atoms with Crippen molar-refractivity contribution in [3.8, 4) is 5.69 Å². The maximum absolute atomic E-state index is 7.36. The summed E-state index contributed by atoms with van der Waals surface area (Å²) >= 11 is 0. The van der Waals surface area contributed by atoms with Crippen LogP contribution in [0, 0.1) is 19.3 Å². The van der Waals surface area contributed by atoms with Crippen LogP contribution in [0.4, 0.5) is 0 Å². The Morgan fingerprint density at radius 2 is 1.90 bits per heavy atom. The normalized spacial score (nSPS) is 10.9. The van der Waals surface area contributed by atoms with Crippen molar-refractivity contribution < 1.29 is 0 Å². The van der Waals surface area contributed by atoms with E-state index >= 15 is 0 Å². The molecule has 0 atom stereocenters. The zero-order valence-corrected chi connectivity index (χ0v) is 11.4. The Morgan fingerprint density at radius 1 is 1.15 bits per heavy atom. The highest BCUT2D eigenvalue weighted by Gasteiger charge is 2.07. The maximum Gasteiger partial charge on any atom is 0.141 e. The van der Waals surface area contributed by atoms with Crippen LogP contribution >= 0.6 is 0 Å². The lowest BCUT2D eigenvalue weighted by Crippen LogP contribution is -2.13. The molecule has 0 saturated carbocycles. The number of nitrogen functional groups attached to an aromatic ring is 1. The van der Waals surface area contributed by atoms with Gasteiger partial charge in [0.15, 0.2) is 0 Å². The lowest BCUT2D eigenvalue weighted by Gasteiger charge is -2.06. The lowest BCUT2D eigenvalue weighted by molar-refractivity contribution is 1.06. The van der Waals surface area contributed by atoms with Crippen LogP contribution in [0.25, 0.3) is 16.7 Å². The van der Waals surface area contributed by atoms with E-state index in [1.807, 2.05) is 10.6 Å². The molecule has 2 heterocycles. The van der Waals surface area contributed by atoms with Crippen molar-refractivity contribution in [2.45, 2.75) is 13.8 Å². The maximum atomic E-state index is 7.36. The molecule has 0 spiro atoms. The van der Waals surface area contributed by atoms with Gasteiger partial charge >= 0.3 is 0 Å². The van der Waals surface area contributed by atoms with E-state index in [9.17, 15) is 0 Å². The first-order chi connectivity index (χ1) is 9.56. The molecule has 0 aliphatic carbocycles. The second-order valence-corrected chi connectivity index (χ2v) is 4.86. The number of nitrogens with two attached hydrogens (primary N) is 1. The first kappa shape index (κ1) is 12.3. The number of benzene rings is 1. The van der Waals surface area contributed by atoms with Gasteiger partial charge in [-0.25, -0.2) is 4.98 Å². The number of nitrogens with zero attached hydrogens (tertiary/aromatic N) is 3. The fourth-order valence-electron chi connectivity index (χ4n) is 2.16. The van der Waals surface area contributed by atoms with Crippen molar-refractivity contribution in [1.82, 2.24) is 14.5 Å². The number of hydrogen-bond donors (Lipinski definition) is 2. The van der Waals surface area contributed by atoms with Gasteiger partial charge in [0.2, 0.25) is 0 Å². The monoisotopic (exact) mass is 265 g/mol. The zero-order valence-electron chi connectivity index (χ0n) is 11.4. The molecule has 5 nitrogen and oxygen atoms in total.